The number of anilines is 1. The van der Waals surface area contributed by atoms with Crippen LogP contribution in [0.5, 0.6) is 17.2 Å². The second kappa shape index (κ2) is 10.2. The third-order valence-corrected chi connectivity index (χ3v) is 7.15. The Kier molecular flexibility index (Phi) is 7.14. The first-order valence-electron chi connectivity index (χ1n) is 10.5. The number of carbonyl (C=O) groups excluding carboxylic acids is 1. The van der Waals surface area contributed by atoms with E-state index in [0.717, 1.165) is 4.31 Å². The van der Waals surface area contributed by atoms with Gasteiger partial charge in [0.2, 0.25) is 0 Å². The highest BCUT2D eigenvalue weighted by Gasteiger charge is 2.37. The maximum atomic E-state index is 13.4. The second-order valence-electron chi connectivity index (χ2n) is 7.39. The summed E-state index contributed by atoms with van der Waals surface area (Å²) in [5.41, 5.74) is 0.279. The molecule has 0 saturated carbocycles. The summed E-state index contributed by atoms with van der Waals surface area (Å²) in [6, 6.07) is 19.8. The Balaban J connectivity index is 1.46. The number of halogens is 1. The maximum absolute atomic E-state index is 13.4. The van der Waals surface area contributed by atoms with Crippen LogP contribution < -0.4 is 23.8 Å². The molecule has 8 nitrogen and oxygen atoms in total. The first kappa shape index (κ1) is 23.7. The van der Waals surface area contributed by atoms with Gasteiger partial charge in [0.25, 0.3) is 15.9 Å². The molecule has 3 aromatic rings. The number of sulfonamides is 1. The van der Waals surface area contributed by atoms with E-state index in [2.05, 4.69) is 5.32 Å². The highest BCUT2D eigenvalue weighted by molar-refractivity contribution is 7.92. The van der Waals surface area contributed by atoms with Gasteiger partial charge in [-0.25, -0.2) is 8.42 Å². The molecule has 1 amide bonds. The largest absolute Gasteiger partial charge is 0.497 e. The smallest absolute Gasteiger partial charge is 0.264 e. The number of amides is 1. The van der Waals surface area contributed by atoms with Gasteiger partial charge in [0.1, 0.15) is 23.9 Å². The lowest BCUT2D eigenvalue weighted by molar-refractivity contribution is -0.127. The summed E-state index contributed by atoms with van der Waals surface area (Å²) in [6.45, 7) is 0.214. The summed E-state index contributed by atoms with van der Waals surface area (Å²) in [5, 5.41) is 3.09. The van der Waals surface area contributed by atoms with Crippen molar-refractivity contribution >= 4 is 33.2 Å². The standard InChI is InChI=1S/C24H23ClN2O6S/c1-31-18-6-5-7-19(15-18)32-13-12-26-24(28)23-16-27(21-14-17(25)10-11-22(21)33-23)34(29,30)20-8-3-2-4-9-20/h2-11,14-15,23H,12-13,16H2,1H3,(H,26,28)/t23-/m1/s1. The van der Waals surface area contributed by atoms with Crippen molar-refractivity contribution in [1.82, 2.24) is 5.32 Å². The molecule has 1 atom stereocenters. The average molecular weight is 503 g/mol. The molecule has 10 heteroatoms. The molecule has 3 aromatic carbocycles. The molecule has 0 radical (unpaired) electrons. The fourth-order valence-corrected chi connectivity index (χ4v) is 5.11. The summed E-state index contributed by atoms with van der Waals surface area (Å²) in [6.07, 6.45) is -1.05. The number of methoxy groups -OCH3 is 1. The number of fused-ring (bicyclic) bond motifs is 1. The number of nitrogens with one attached hydrogen (secondary N) is 1. The lowest BCUT2D eigenvalue weighted by atomic mass is 10.2. The van der Waals surface area contributed by atoms with E-state index >= 15 is 0 Å². The van der Waals surface area contributed by atoms with E-state index in [0.29, 0.717) is 16.5 Å². The molecule has 34 heavy (non-hydrogen) atoms. The van der Waals surface area contributed by atoms with Crippen LogP contribution in [0, 0.1) is 0 Å². The fourth-order valence-electron chi connectivity index (χ4n) is 3.46. The van der Waals surface area contributed by atoms with Crippen LogP contribution in [-0.2, 0) is 14.8 Å². The Morgan fingerprint density at radius 1 is 1.09 bits per heavy atom. The maximum Gasteiger partial charge on any atom is 0.264 e. The molecule has 0 saturated heterocycles. The molecule has 0 unspecified atom stereocenters. The Morgan fingerprint density at radius 3 is 2.62 bits per heavy atom. The van der Waals surface area contributed by atoms with Gasteiger partial charge in [0, 0.05) is 11.1 Å². The van der Waals surface area contributed by atoms with Gasteiger partial charge >= 0.3 is 0 Å². The van der Waals surface area contributed by atoms with Gasteiger partial charge in [0.05, 0.1) is 30.8 Å². The first-order chi connectivity index (χ1) is 16.4. The van der Waals surface area contributed by atoms with Gasteiger partial charge in [-0.05, 0) is 42.5 Å². The van der Waals surface area contributed by atoms with E-state index in [9.17, 15) is 13.2 Å². The summed E-state index contributed by atoms with van der Waals surface area (Å²) in [7, 11) is -2.38. The van der Waals surface area contributed by atoms with Crippen molar-refractivity contribution in [2.75, 3.05) is 31.1 Å². The molecule has 4 rings (SSSR count). The molecule has 0 fully saturated rings. The Labute approximate surface area is 203 Å². The SMILES string of the molecule is COc1cccc(OCCNC(=O)[C@H]2CN(S(=O)(=O)c3ccccc3)c3cc(Cl)ccc3O2)c1. The van der Waals surface area contributed by atoms with E-state index in [1.807, 2.05) is 0 Å². The molecule has 0 aliphatic carbocycles. The number of benzene rings is 3. The van der Waals surface area contributed by atoms with Crippen molar-refractivity contribution in [3.63, 3.8) is 0 Å². The van der Waals surface area contributed by atoms with Crippen molar-refractivity contribution in [3.8, 4) is 17.2 Å². The van der Waals surface area contributed by atoms with Crippen LogP contribution in [0.15, 0.2) is 77.7 Å². The Hall–Kier alpha value is -3.43. The number of hydrogen-bond donors (Lipinski definition) is 1. The predicted molar refractivity (Wildman–Crippen MR) is 128 cm³/mol. The van der Waals surface area contributed by atoms with Gasteiger partial charge in [-0.1, -0.05) is 35.9 Å². The minimum atomic E-state index is -3.95. The predicted octanol–water partition coefficient (Wildman–Crippen LogP) is 3.50. The normalized spacial score (nSPS) is 15.1. The molecule has 178 valence electrons. The number of ether oxygens (including phenoxy) is 3. The number of hydrogen-bond acceptors (Lipinski definition) is 6. The molecule has 0 aromatic heterocycles. The van der Waals surface area contributed by atoms with Gasteiger partial charge in [-0.2, -0.15) is 0 Å². The molecule has 1 N–H and O–H groups in total. The highest BCUT2D eigenvalue weighted by atomic mass is 35.5. The monoisotopic (exact) mass is 502 g/mol. The Morgan fingerprint density at radius 2 is 1.85 bits per heavy atom. The van der Waals surface area contributed by atoms with Gasteiger partial charge in [-0.3, -0.25) is 9.10 Å². The molecule has 1 aliphatic rings. The number of carbonyl (C=O) groups is 1. The number of rotatable bonds is 8. The third kappa shape index (κ3) is 5.21. The van der Waals surface area contributed by atoms with Crippen LogP contribution in [-0.4, -0.2) is 47.2 Å². The molecule has 0 bridgehead atoms. The number of nitrogens with zero attached hydrogens (tertiary/aromatic N) is 1. The van der Waals surface area contributed by atoms with Crippen LogP contribution in [0.4, 0.5) is 5.69 Å². The molecule has 1 heterocycles. The Bertz CT molecular complexity index is 1270. The van der Waals surface area contributed by atoms with Gasteiger partial charge in [-0.15, -0.1) is 0 Å². The van der Waals surface area contributed by atoms with Gasteiger partial charge < -0.3 is 19.5 Å². The quantitative estimate of drug-likeness (QED) is 0.474. The molecular formula is C24H23ClN2O6S. The van der Waals surface area contributed by atoms with E-state index in [4.69, 9.17) is 25.8 Å². The zero-order valence-corrected chi connectivity index (χ0v) is 19.9. The van der Waals surface area contributed by atoms with Crippen LogP contribution >= 0.6 is 11.6 Å². The van der Waals surface area contributed by atoms with Crippen molar-refractivity contribution in [1.29, 1.82) is 0 Å². The second-order valence-corrected chi connectivity index (χ2v) is 9.68. The van der Waals surface area contributed by atoms with E-state index < -0.39 is 22.0 Å². The van der Waals surface area contributed by atoms with Gasteiger partial charge in [0.15, 0.2) is 6.10 Å². The summed E-state index contributed by atoms with van der Waals surface area (Å²) < 4.78 is 44.5. The summed E-state index contributed by atoms with van der Waals surface area (Å²) in [4.78, 5) is 12.9. The zero-order chi connectivity index (χ0) is 24.1. The first-order valence-corrected chi connectivity index (χ1v) is 12.3. The van der Waals surface area contributed by atoms with Crippen LogP contribution in [0.2, 0.25) is 5.02 Å². The third-order valence-electron chi connectivity index (χ3n) is 5.13. The summed E-state index contributed by atoms with van der Waals surface area (Å²) >= 11 is 6.11. The molecule has 1 aliphatic heterocycles. The van der Waals surface area contributed by atoms with Crippen molar-refractivity contribution in [3.05, 3.63) is 77.8 Å². The summed E-state index contributed by atoms with van der Waals surface area (Å²) in [5.74, 6) is 1.06. The van der Waals surface area contributed by atoms with Crippen molar-refractivity contribution < 1.29 is 27.4 Å². The highest BCUT2D eigenvalue weighted by Crippen LogP contribution is 2.38. The van der Waals surface area contributed by atoms with E-state index in [1.54, 1.807) is 61.7 Å². The fraction of sp³-hybridized carbons (Fsp3) is 0.208. The average Bonchev–Trinajstić information content (AvgIpc) is 2.86. The van der Waals surface area contributed by atoms with Crippen LogP contribution in [0.25, 0.3) is 0 Å². The molecular weight excluding hydrogens is 480 g/mol. The van der Waals surface area contributed by atoms with Crippen molar-refractivity contribution in [2.45, 2.75) is 11.0 Å². The van der Waals surface area contributed by atoms with E-state index in [-0.39, 0.29) is 36.0 Å². The van der Waals surface area contributed by atoms with Crippen molar-refractivity contribution in [2.24, 2.45) is 0 Å². The lowest BCUT2D eigenvalue weighted by Gasteiger charge is -2.34. The van der Waals surface area contributed by atoms with Crippen LogP contribution in [0.1, 0.15) is 0 Å². The minimum Gasteiger partial charge on any atom is -0.497 e. The van der Waals surface area contributed by atoms with Crippen LogP contribution in [0.3, 0.4) is 0 Å². The minimum absolute atomic E-state index is 0.105. The molecule has 0 spiro atoms. The van der Waals surface area contributed by atoms with E-state index in [1.165, 1.54) is 18.2 Å². The topological polar surface area (TPSA) is 94.2 Å². The lowest BCUT2D eigenvalue weighted by Crippen LogP contribution is -2.51. The zero-order valence-electron chi connectivity index (χ0n) is 18.3.